The summed E-state index contributed by atoms with van der Waals surface area (Å²) >= 11 is 0. The monoisotopic (exact) mass is 237 g/mol. The van der Waals surface area contributed by atoms with Gasteiger partial charge in [-0.2, -0.15) is 0 Å². The van der Waals surface area contributed by atoms with Gasteiger partial charge in [-0.1, -0.05) is 0 Å². The molecule has 17 heavy (non-hydrogen) atoms. The number of urea groups is 1. The van der Waals surface area contributed by atoms with E-state index in [4.69, 9.17) is 5.11 Å². The van der Waals surface area contributed by atoms with Crippen LogP contribution < -0.4 is 5.32 Å². The number of carbonyl (C=O) groups is 2. The van der Waals surface area contributed by atoms with E-state index in [9.17, 15) is 9.59 Å². The summed E-state index contributed by atoms with van der Waals surface area (Å²) in [7, 11) is 1.55. The van der Waals surface area contributed by atoms with E-state index in [0.717, 1.165) is 5.56 Å². The Hall–Kier alpha value is -2.11. The van der Waals surface area contributed by atoms with Crippen LogP contribution in [0.15, 0.2) is 18.5 Å². The fourth-order valence-electron chi connectivity index (χ4n) is 1.17. The van der Waals surface area contributed by atoms with Gasteiger partial charge in [0.1, 0.15) is 0 Å². The Morgan fingerprint density at radius 2 is 2.24 bits per heavy atom. The summed E-state index contributed by atoms with van der Waals surface area (Å²) in [5.41, 5.74) is 1.53. The van der Waals surface area contributed by atoms with Crippen LogP contribution in [0.2, 0.25) is 0 Å². The molecular formula is C11H15N3O3. The maximum atomic E-state index is 11.7. The van der Waals surface area contributed by atoms with E-state index < -0.39 is 5.97 Å². The zero-order chi connectivity index (χ0) is 12.8. The second kappa shape index (κ2) is 5.83. The van der Waals surface area contributed by atoms with Crippen molar-refractivity contribution in [1.82, 2.24) is 9.88 Å². The number of aromatic nitrogens is 1. The molecule has 0 fully saturated rings. The first-order valence-electron chi connectivity index (χ1n) is 5.15. The topological polar surface area (TPSA) is 82.5 Å². The normalized spacial score (nSPS) is 9.76. The Labute approximate surface area is 99.3 Å². The fraction of sp³-hybridized carbons (Fsp3) is 0.364. The van der Waals surface area contributed by atoms with Crippen molar-refractivity contribution in [2.45, 2.75) is 13.3 Å². The zero-order valence-electron chi connectivity index (χ0n) is 9.80. The second-order valence-electron chi connectivity index (χ2n) is 3.69. The fourth-order valence-corrected chi connectivity index (χ4v) is 1.17. The first-order chi connectivity index (χ1) is 8.00. The van der Waals surface area contributed by atoms with Gasteiger partial charge in [0.15, 0.2) is 0 Å². The quantitative estimate of drug-likeness (QED) is 0.827. The SMILES string of the molecule is Cc1ccncc1NC(=O)N(C)CCC(=O)O. The number of aryl methyl sites for hydroxylation is 1. The Kier molecular flexibility index (Phi) is 4.45. The van der Waals surface area contributed by atoms with Crippen molar-refractivity contribution in [2.24, 2.45) is 0 Å². The molecule has 0 spiro atoms. The molecule has 0 aliphatic carbocycles. The predicted octanol–water partition coefficient (Wildman–Crippen LogP) is 1.33. The molecule has 0 aromatic carbocycles. The molecule has 1 rings (SSSR count). The standard InChI is InChI=1S/C11H15N3O3/c1-8-3-5-12-7-9(8)13-11(17)14(2)6-4-10(15)16/h3,5,7H,4,6H2,1-2H3,(H,13,17)(H,15,16). The first kappa shape index (κ1) is 13.0. The lowest BCUT2D eigenvalue weighted by atomic mass is 10.2. The summed E-state index contributed by atoms with van der Waals surface area (Å²) in [4.78, 5) is 27.3. The van der Waals surface area contributed by atoms with Gasteiger partial charge in [-0.15, -0.1) is 0 Å². The van der Waals surface area contributed by atoms with Crippen molar-refractivity contribution in [3.63, 3.8) is 0 Å². The molecule has 2 amide bonds. The van der Waals surface area contributed by atoms with Gasteiger partial charge in [-0.05, 0) is 18.6 Å². The number of amides is 2. The van der Waals surface area contributed by atoms with E-state index >= 15 is 0 Å². The molecule has 0 atom stereocenters. The highest BCUT2D eigenvalue weighted by Crippen LogP contribution is 2.11. The van der Waals surface area contributed by atoms with Crippen molar-refractivity contribution < 1.29 is 14.7 Å². The third kappa shape index (κ3) is 4.10. The van der Waals surface area contributed by atoms with Crippen LogP contribution in [0.1, 0.15) is 12.0 Å². The number of hydrogen-bond donors (Lipinski definition) is 2. The van der Waals surface area contributed by atoms with Gasteiger partial charge in [-0.3, -0.25) is 9.78 Å². The van der Waals surface area contributed by atoms with Gasteiger partial charge in [-0.25, -0.2) is 4.79 Å². The largest absolute Gasteiger partial charge is 0.481 e. The molecule has 2 N–H and O–H groups in total. The third-order valence-corrected chi connectivity index (χ3v) is 2.29. The molecule has 1 aromatic heterocycles. The number of pyridine rings is 1. The Bertz CT molecular complexity index is 420. The van der Waals surface area contributed by atoms with E-state index in [1.807, 2.05) is 6.92 Å². The molecule has 1 heterocycles. The molecule has 0 radical (unpaired) electrons. The van der Waals surface area contributed by atoms with Crippen LogP contribution in [0, 0.1) is 6.92 Å². The first-order valence-corrected chi connectivity index (χ1v) is 5.15. The average Bonchev–Trinajstić information content (AvgIpc) is 2.28. The molecule has 6 heteroatoms. The van der Waals surface area contributed by atoms with E-state index in [1.54, 1.807) is 25.5 Å². The molecule has 0 unspecified atom stereocenters. The van der Waals surface area contributed by atoms with E-state index in [-0.39, 0.29) is 19.0 Å². The van der Waals surface area contributed by atoms with Crippen LogP contribution in [-0.4, -0.2) is 40.6 Å². The summed E-state index contributed by atoms with van der Waals surface area (Å²) in [6.45, 7) is 2.02. The Morgan fingerprint density at radius 1 is 1.53 bits per heavy atom. The summed E-state index contributed by atoms with van der Waals surface area (Å²) in [5.74, 6) is -0.929. The van der Waals surface area contributed by atoms with Crippen molar-refractivity contribution >= 4 is 17.7 Å². The number of nitrogens with zero attached hydrogens (tertiary/aromatic N) is 2. The molecule has 1 aromatic rings. The highest BCUT2D eigenvalue weighted by Gasteiger charge is 2.11. The average molecular weight is 237 g/mol. The van der Waals surface area contributed by atoms with Crippen LogP contribution in [0.5, 0.6) is 0 Å². The minimum atomic E-state index is -0.929. The molecule has 0 saturated carbocycles. The minimum absolute atomic E-state index is 0.0735. The van der Waals surface area contributed by atoms with Crippen molar-refractivity contribution in [3.8, 4) is 0 Å². The van der Waals surface area contributed by atoms with Crippen LogP contribution >= 0.6 is 0 Å². The maximum Gasteiger partial charge on any atom is 0.321 e. The second-order valence-corrected chi connectivity index (χ2v) is 3.69. The predicted molar refractivity (Wildman–Crippen MR) is 62.9 cm³/mol. The van der Waals surface area contributed by atoms with Gasteiger partial charge in [0.25, 0.3) is 0 Å². The smallest absolute Gasteiger partial charge is 0.321 e. The third-order valence-electron chi connectivity index (χ3n) is 2.29. The zero-order valence-corrected chi connectivity index (χ0v) is 9.80. The highest BCUT2D eigenvalue weighted by atomic mass is 16.4. The molecule has 0 bridgehead atoms. The summed E-state index contributed by atoms with van der Waals surface area (Å²) in [6.07, 6.45) is 3.12. The lowest BCUT2D eigenvalue weighted by Gasteiger charge is -2.17. The Balaban J connectivity index is 2.54. The van der Waals surface area contributed by atoms with E-state index in [0.29, 0.717) is 5.69 Å². The van der Waals surface area contributed by atoms with Crippen LogP contribution in [0.25, 0.3) is 0 Å². The molecule has 0 aliphatic heterocycles. The molecule has 92 valence electrons. The Morgan fingerprint density at radius 3 is 2.82 bits per heavy atom. The van der Waals surface area contributed by atoms with Crippen molar-refractivity contribution in [2.75, 3.05) is 18.9 Å². The summed E-state index contributed by atoms with van der Waals surface area (Å²) in [5, 5.41) is 11.2. The number of nitrogens with one attached hydrogen (secondary N) is 1. The minimum Gasteiger partial charge on any atom is -0.481 e. The summed E-state index contributed by atoms with van der Waals surface area (Å²) < 4.78 is 0. The maximum absolute atomic E-state index is 11.7. The molecule has 0 saturated heterocycles. The number of carboxylic acid groups (broad SMARTS) is 1. The van der Waals surface area contributed by atoms with Gasteiger partial charge >= 0.3 is 12.0 Å². The summed E-state index contributed by atoms with van der Waals surface area (Å²) in [6, 6.07) is 1.44. The van der Waals surface area contributed by atoms with Gasteiger partial charge in [0.2, 0.25) is 0 Å². The lowest BCUT2D eigenvalue weighted by molar-refractivity contribution is -0.137. The number of carboxylic acids is 1. The van der Waals surface area contributed by atoms with Crippen LogP contribution in [-0.2, 0) is 4.79 Å². The lowest BCUT2D eigenvalue weighted by Crippen LogP contribution is -2.33. The highest BCUT2D eigenvalue weighted by molar-refractivity contribution is 5.89. The van der Waals surface area contributed by atoms with Gasteiger partial charge < -0.3 is 15.3 Å². The van der Waals surface area contributed by atoms with Gasteiger partial charge in [0, 0.05) is 19.8 Å². The molecule has 6 nitrogen and oxygen atoms in total. The van der Waals surface area contributed by atoms with Crippen molar-refractivity contribution in [3.05, 3.63) is 24.0 Å². The number of hydrogen-bond acceptors (Lipinski definition) is 3. The number of anilines is 1. The molecular weight excluding hydrogens is 222 g/mol. The van der Waals surface area contributed by atoms with E-state index in [2.05, 4.69) is 10.3 Å². The number of rotatable bonds is 4. The number of aliphatic carboxylic acids is 1. The molecule has 0 aliphatic rings. The number of carbonyl (C=O) groups excluding carboxylic acids is 1. The van der Waals surface area contributed by atoms with E-state index in [1.165, 1.54) is 4.90 Å². The van der Waals surface area contributed by atoms with Crippen molar-refractivity contribution in [1.29, 1.82) is 0 Å². The van der Waals surface area contributed by atoms with Crippen LogP contribution in [0.3, 0.4) is 0 Å². The van der Waals surface area contributed by atoms with Crippen LogP contribution in [0.4, 0.5) is 10.5 Å². The van der Waals surface area contributed by atoms with Gasteiger partial charge in [0.05, 0.1) is 18.3 Å².